The Morgan fingerprint density at radius 1 is 0.600 bits per heavy atom. The Kier molecular flexibility index (Phi) is 3.07. The van der Waals surface area contributed by atoms with Gasteiger partial charge in [0, 0.05) is 16.5 Å². The van der Waals surface area contributed by atoms with Crippen molar-refractivity contribution in [1.82, 2.24) is 0 Å². The summed E-state index contributed by atoms with van der Waals surface area (Å²) in [6.07, 6.45) is 0.864. The van der Waals surface area contributed by atoms with Crippen LogP contribution in [0.25, 0.3) is 21.9 Å². The maximum atomic E-state index is 13.0. The molecule has 1 nitrogen and oxygen atoms in total. The zero-order chi connectivity index (χ0) is 16.8. The first-order valence-corrected chi connectivity index (χ1v) is 8.55. The average molecular weight is 320 g/mol. The fourth-order valence-corrected chi connectivity index (χ4v) is 3.93. The van der Waals surface area contributed by atoms with Crippen molar-refractivity contribution in [3.05, 3.63) is 107 Å². The molecule has 0 amide bonds. The number of carbonyl (C=O) groups excluding carboxylic acids is 1. The molecule has 0 saturated heterocycles. The summed E-state index contributed by atoms with van der Waals surface area (Å²) in [7, 11) is 0. The van der Waals surface area contributed by atoms with Gasteiger partial charge in [-0.05, 0) is 34.1 Å². The summed E-state index contributed by atoms with van der Waals surface area (Å²) in [6, 6.07) is 28.9. The number of benzene rings is 4. The molecule has 1 heteroatoms. The summed E-state index contributed by atoms with van der Waals surface area (Å²) in [5.74, 6) is 0.130. The lowest BCUT2D eigenvalue weighted by molar-refractivity contribution is 0.104. The molecule has 25 heavy (non-hydrogen) atoms. The van der Waals surface area contributed by atoms with Crippen molar-refractivity contribution < 1.29 is 4.79 Å². The molecule has 0 unspecified atom stereocenters. The van der Waals surface area contributed by atoms with Crippen LogP contribution in [-0.2, 0) is 6.42 Å². The van der Waals surface area contributed by atoms with Crippen molar-refractivity contribution in [2.24, 2.45) is 0 Å². The third-order valence-corrected chi connectivity index (χ3v) is 5.05. The summed E-state index contributed by atoms with van der Waals surface area (Å²) in [6.45, 7) is 0. The summed E-state index contributed by atoms with van der Waals surface area (Å²) in [5, 5.41) is 2.23. The molecule has 0 bridgehead atoms. The lowest BCUT2D eigenvalue weighted by Crippen LogP contribution is -2.11. The van der Waals surface area contributed by atoms with Crippen LogP contribution in [0.15, 0.2) is 84.9 Å². The molecule has 0 saturated carbocycles. The third-order valence-electron chi connectivity index (χ3n) is 5.05. The zero-order valence-corrected chi connectivity index (χ0v) is 13.7. The van der Waals surface area contributed by atoms with E-state index in [0.29, 0.717) is 0 Å². The SMILES string of the molecule is O=C1c2ccccc2-c2c(Cc3ccccc3)ccc3cccc1c23. The van der Waals surface area contributed by atoms with Gasteiger partial charge in [0.2, 0.25) is 0 Å². The fourth-order valence-electron chi connectivity index (χ4n) is 3.93. The largest absolute Gasteiger partial charge is 0.289 e. The van der Waals surface area contributed by atoms with E-state index in [4.69, 9.17) is 0 Å². The van der Waals surface area contributed by atoms with Gasteiger partial charge in [0.15, 0.2) is 5.78 Å². The van der Waals surface area contributed by atoms with Crippen LogP contribution < -0.4 is 0 Å². The van der Waals surface area contributed by atoms with E-state index in [1.807, 2.05) is 36.4 Å². The Balaban J connectivity index is 1.85. The van der Waals surface area contributed by atoms with Crippen molar-refractivity contribution in [3.8, 4) is 11.1 Å². The summed E-state index contributed by atoms with van der Waals surface area (Å²) in [5.41, 5.74) is 6.45. The van der Waals surface area contributed by atoms with E-state index in [0.717, 1.165) is 33.9 Å². The number of carbonyl (C=O) groups is 1. The first-order chi connectivity index (χ1) is 12.3. The van der Waals surface area contributed by atoms with E-state index in [-0.39, 0.29) is 5.78 Å². The number of hydrogen-bond acceptors (Lipinski definition) is 1. The van der Waals surface area contributed by atoms with Gasteiger partial charge in [0.05, 0.1) is 0 Å². The molecule has 4 aromatic carbocycles. The quantitative estimate of drug-likeness (QED) is 0.411. The second kappa shape index (κ2) is 5.42. The Morgan fingerprint density at radius 2 is 1.32 bits per heavy atom. The van der Waals surface area contributed by atoms with E-state index in [2.05, 4.69) is 48.5 Å². The Bertz CT molecular complexity index is 1120. The van der Waals surface area contributed by atoms with Crippen molar-refractivity contribution in [3.63, 3.8) is 0 Å². The minimum absolute atomic E-state index is 0.130. The summed E-state index contributed by atoms with van der Waals surface area (Å²) < 4.78 is 0. The topological polar surface area (TPSA) is 17.1 Å². The molecule has 1 aliphatic rings. The maximum Gasteiger partial charge on any atom is 0.194 e. The van der Waals surface area contributed by atoms with Crippen LogP contribution in [0.4, 0.5) is 0 Å². The van der Waals surface area contributed by atoms with Crippen LogP contribution in [0.2, 0.25) is 0 Å². The van der Waals surface area contributed by atoms with Gasteiger partial charge >= 0.3 is 0 Å². The highest BCUT2D eigenvalue weighted by atomic mass is 16.1. The van der Waals surface area contributed by atoms with E-state index >= 15 is 0 Å². The van der Waals surface area contributed by atoms with Crippen LogP contribution in [0.1, 0.15) is 27.0 Å². The van der Waals surface area contributed by atoms with Gasteiger partial charge in [0.1, 0.15) is 0 Å². The van der Waals surface area contributed by atoms with Gasteiger partial charge in [-0.2, -0.15) is 0 Å². The smallest absolute Gasteiger partial charge is 0.194 e. The van der Waals surface area contributed by atoms with E-state index in [9.17, 15) is 4.79 Å². The van der Waals surface area contributed by atoms with Crippen molar-refractivity contribution >= 4 is 16.6 Å². The van der Waals surface area contributed by atoms with Gasteiger partial charge in [0.25, 0.3) is 0 Å². The molecule has 1 aliphatic carbocycles. The van der Waals surface area contributed by atoms with Crippen LogP contribution >= 0.6 is 0 Å². The molecule has 0 N–H and O–H groups in total. The van der Waals surface area contributed by atoms with Crippen LogP contribution in [0.3, 0.4) is 0 Å². The van der Waals surface area contributed by atoms with Gasteiger partial charge in [-0.15, -0.1) is 0 Å². The first kappa shape index (κ1) is 14.2. The highest BCUT2D eigenvalue weighted by Crippen LogP contribution is 2.41. The average Bonchev–Trinajstić information content (AvgIpc) is 2.67. The van der Waals surface area contributed by atoms with Crippen molar-refractivity contribution in [2.75, 3.05) is 0 Å². The van der Waals surface area contributed by atoms with Gasteiger partial charge < -0.3 is 0 Å². The molecule has 0 aliphatic heterocycles. The number of ketones is 1. The number of hydrogen-bond donors (Lipinski definition) is 0. The van der Waals surface area contributed by atoms with Crippen LogP contribution in [0.5, 0.6) is 0 Å². The second-order valence-electron chi connectivity index (χ2n) is 6.54. The molecule has 0 radical (unpaired) electrons. The lowest BCUT2D eigenvalue weighted by atomic mass is 9.79. The molecule has 0 atom stereocenters. The van der Waals surface area contributed by atoms with Gasteiger partial charge in [-0.25, -0.2) is 0 Å². The third kappa shape index (κ3) is 2.13. The van der Waals surface area contributed by atoms with Gasteiger partial charge in [-0.1, -0.05) is 84.9 Å². The number of fused-ring (bicyclic) bond motifs is 2. The molecule has 0 fully saturated rings. The predicted molar refractivity (Wildman–Crippen MR) is 102 cm³/mol. The highest BCUT2D eigenvalue weighted by molar-refractivity contribution is 6.26. The molecule has 5 rings (SSSR count). The fraction of sp³-hybridized carbons (Fsp3) is 0.0417. The lowest BCUT2D eigenvalue weighted by Gasteiger charge is -2.22. The van der Waals surface area contributed by atoms with Gasteiger partial charge in [-0.3, -0.25) is 4.79 Å². The van der Waals surface area contributed by atoms with Crippen molar-refractivity contribution in [2.45, 2.75) is 6.42 Å². The molecule has 4 aromatic rings. The first-order valence-electron chi connectivity index (χ1n) is 8.55. The number of rotatable bonds is 2. The summed E-state index contributed by atoms with van der Waals surface area (Å²) >= 11 is 0. The normalized spacial score (nSPS) is 12.2. The Labute approximate surface area is 146 Å². The molecular formula is C24H16O. The molecule has 0 spiro atoms. The highest BCUT2D eigenvalue weighted by Gasteiger charge is 2.26. The minimum Gasteiger partial charge on any atom is -0.289 e. The standard InChI is InChI=1S/C24H16O/c25-24-20-11-5-4-10-19(20)23-18(15-16-7-2-1-3-8-16)14-13-17-9-6-12-21(24)22(17)23/h1-14H,15H2. The minimum atomic E-state index is 0.130. The zero-order valence-electron chi connectivity index (χ0n) is 13.7. The Hall–Kier alpha value is -3.19. The molecule has 0 heterocycles. The molecular weight excluding hydrogens is 304 g/mol. The predicted octanol–water partition coefficient (Wildman–Crippen LogP) is 5.64. The Morgan fingerprint density at radius 3 is 2.16 bits per heavy atom. The summed E-state index contributed by atoms with van der Waals surface area (Å²) in [4.78, 5) is 13.0. The maximum absolute atomic E-state index is 13.0. The molecule has 118 valence electrons. The van der Waals surface area contributed by atoms with E-state index in [1.54, 1.807) is 0 Å². The van der Waals surface area contributed by atoms with E-state index < -0.39 is 0 Å². The van der Waals surface area contributed by atoms with Crippen LogP contribution in [-0.4, -0.2) is 5.78 Å². The molecule has 0 aromatic heterocycles. The van der Waals surface area contributed by atoms with Crippen molar-refractivity contribution in [1.29, 1.82) is 0 Å². The van der Waals surface area contributed by atoms with Crippen LogP contribution in [0, 0.1) is 0 Å². The second-order valence-corrected chi connectivity index (χ2v) is 6.54. The monoisotopic (exact) mass is 320 g/mol. The van der Waals surface area contributed by atoms with E-state index in [1.165, 1.54) is 16.7 Å².